The van der Waals surface area contributed by atoms with E-state index in [1.165, 1.54) is 0 Å². The third-order valence-corrected chi connectivity index (χ3v) is 3.68. The van der Waals surface area contributed by atoms with E-state index in [2.05, 4.69) is 31.5 Å². The molecule has 0 spiro atoms. The highest BCUT2D eigenvalue weighted by molar-refractivity contribution is 9.10. The molecule has 0 saturated heterocycles. The number of carbonyl (C=O) groups excluding carboxylic acids is 1. The molecule has 116 valence electrons. The molecule has 0 unspecified atom stereocenters. The van der Waals surface area contributed by atoms with Crippen molar-refractivity contribution in [1.29, 1.82) is 0 Å². The summed E-state index contributed by atoms with van der Waals surface area (Å²) in [5.41, 5.74) is 1.27. The number of nitrogens with zero attached hydrogens (tertiary/aromatic N) is 1. The number of pyridine rings is 1. The van der Waals surface area contributed by atoms with Crippen molar-refractivity contribution in [2.24, 2.45) is 0 Å². The van der Waals surface area contributed by atoms with Crippen LogP contribution in [0.2, 0.25) is 0 Å². The Labute approximate surface area is 141 Å². The van der Waals surface area contributed by atoms with E-state index in [0.717, 1.165) is 15.9 Å². The number of benzene rings is 1. The van der Waals surface area contributed by atoms with E-state index in [9.17, 15) is 4.79 Å². The minimum absolute atomic E-state index is 0.184. The molecule has 0 radical (unpaired) electrons. The van der Waals surface area contributed by atoms with Crippen LogP contribution >= 0.6 is 15.9 Å². The highest BCUT2D eigenvalue weighted by atomic mass is 79.9. The topological polar surface area (TPSA) is 67.2 Å². The third-order valence-electron chi connectivity index (χ3n) is 3.15. The molecule has 0 aliphatic rings. The summed E-state index contributed by atoms with van der Waals surface area (Å²) < 4.78 is 6.21. The Morgan fingerprint density at radius 1 is 1.17 bits per heavy atom. The van der Waals surface area contributed by atoms with Crippen LogP contribution in [0.3, 0.4) is 0 Å². The van der Waals surface area contributed by atoms with Crippen LogP contribution in [0.5, 0.6) is 0 Å². The van der Waals surface area contributed by atoms with Gasteiger partial charge < -0.3 is 15.1 Å². The summed E-state index contributed by atoms with van der Waals surface area (Å²) in [6.45, 7) is 0.512. The van der Waals surface area contributed by atoms with Crippen molar-refractivity contribution in [3.05, 3.63) is 76.8 Å². The van der Waals surface area contributed by atoms with Crippen LogP contribution in [0.1, 0.15) is 16.1 Å². The number of anilines is 2. The summed E-state index contributed by atoms with van der Waals surface area (Å²) in [6, 6.07) is 14.5. The van der Waals surface area contributed by atoms with Crippen LogP contribution in [0, 0.1) is 0 Å². The first-order valence-electron chi connectivity index (χ1n) is 7.00. The quantitative estimate of drug-likeness (QED) is 0.701. The van der Waals surface area contributed by atoms with E-state index >= 15 is 0 Å². The van der Waals surface area contributed by atoms with Crippen molar-refractivity contribution in [3.63, 3.8) is 0 Å². The third kappa shape index (κ3) is 4.20. The second-order valence-corrected chi connectivity index (χ2v) is 5.74. The fourth-order valence-corrected chi connectivity index (χ4v) is 2.26. The maximum Gasteiger partial charge on any atom is 0.255 e. The van der Waals surface area contributed by atoms with Crippen molar-refractivity contribution < 1.29 is 9.21 Å². The van der Waals surface area contributed by atoms with Gasteiger partial charge in [-0.1, -0.05) is 15.9 Å². The number of aromatic nitrogens is 1. The standard InChI is InChI=1S/C17H14BrN3O2/c18-13-3-5-14(6-4-13)21-17(22)12-7-8-19-16(10-12)20-11-15-2-1-9-23-15/h1-10H,11H2,(H,19,20)(H,21,22). The summed E-state index contributed by atoms with van der Waals surface area (Å²) in [5, 5.41) is 5.97. The maximum absolute atomic E-state index is 12.3. The van der Waals surface area contributed by atoms with Gasteiger partial charge in [-0.05, 0) is 48.5 Å². The lowest BCUT2D eigenvalue weighted by Gasteiger charge is -2.08. The Hall–Kier alpha value is -2.60. The smallest absolute Gasteiger partial charge is 0.255 e. The molecule has 0 aliphatic carbocycles. The summed E-state index contributed by atoms with van der Waals surface area (Å²) in [6.07, 6.45) is 3.22. The summed E-state index contributed by atoms with van der Waals surface area (Å²) in [5.74, 6) is 1.23. The van der Waals surface area contributed by atoms with Crippen LogP contribution in [-0.2, 0) is 6.54 Å². The fourth-order valence-electron chi connectivity index (χ4n) is 2.00. The Bertz CT molecular complexity index is 786. The average molecular weight is 372 g/mol. The molecular weight excluding hydrogens is 358 g/mol. The molecule has 23 heavy (non-hydrogen) atoms. The van der Waals surface area contributed by atoms with Crippen molar-refractivity contribution in [2.45, 2.75) is 6.54 Å². The van der Waals surface area contributed by atoms with E-state index in [4.69, 9.17) is 4.42 Å². The number of hydrogen-bond acceptors (Lipinski definition) is 4. The molecular formula is C17H14BrN3O2. The van der Waals surface area contributed by atoms with Crippen molar-refractivity contribution >= 4 is 33.3 Å². The number of nitrogens with one attached hydrogen (secondary N) is 2. The number of hydrogen-bond donors (Lipinski definition) is 2. The number of rotatable bonds is 5. The molecule has 3 aromatic rings. The van der Waals surface area contributed by atoms with E-state index in [0.29, 0.717) is 17.9 Å². The van der Waals surface area contributed by atoms with Gasteiger partial charge in [-0.3, -0.25) is 4.79 Å². The number of amides is 1. The van der Waals surface area contributed by atoms with Crippen molar-refractivity contribution in [1.82, 2.24) is 4.98 Å². The summed E-state index contributed by atoms with van der Waals surface area (Å²) in [4.78, 5) is 16.5. The van der Waals surface area contributed by atoms with Crippen molar-refractivity contribution in [2.75, 3.05) is 10.6 Å². The minimum atomic E-state index is -0.184. The highest BCUT2D eigenvalue weighted by Crippen LogP contribution is 2.16. The molecule has 1 aromatic carbocycles. The van der Waals surface area contributed by atoms with E-state index < -0.39 is 0 Å². The monoisotopic (exact) mass is 371 g/mol. The molecule has 0 atom stereocenters. The zero-order chi connectivity index (χ0) is 16.1. The molecule has 3 rings (SSSR count). The molecule has 2 aromatic heterocycles. The van der Waals surface area contributed by atoms with Gasteiger partial charge in [0.1, 0.15) is 11.6 Å². The van der Waals surface area contributed by atoms with Crippen LogP contribution < -0.4 is 10.6 Å². The largest absolute Gasteiger partial charge is 0.467 e. The van der Waals surface area contributed by atoms with Gasteiger partial charge in [0.15, 0.2) is 0 Å². The lowest BCUT2D eigenvalue weighted by molar-refractivity contribution is 0.102. The molecule has 0 saturated carbocycles. The predicted molar refractivity (Wildman–Crippen MR) is 92.4 cm³/mol. The molecule has 0 bridgehead atoms. The van der Waals surface area contributed by atoms with Gasteiger partial charge in [-0.2, -0.15) is 0 Å². The first-order valence-corrected chi connectivity index (χ1v) is 7.79. The second-order valence-electron chi connectivity index (χ2n) is 4.82. The number of carbonyl (C=O) groups is 1. The van der Waals surface area contributed by atoms with Crippen LogP contribution in [-0.4, -0.2) is 10.9 Å². The van der Waals surface area contributed by atoms with Gasteiger partial charge in [0.05, 0.1) is 12.8 Å². The Balaban J connectivity index is 1.66. The summed E-state index contributed by atoms with van der Waals surface area (Å²) >= 11 is 3.36. The lowest BCUT2D eigenvalue weighted by Crippen LogP contribution is -2.12. The van der Waals surface area contributed by atoms with Crippen molar-refractivity contribution in [3.8, 4) is 0 Å². The van der Waals surface area contributed by atoms with Gasteiger partial charge in [0, 0.05) is 21.9 Å². The minimum Gasteiger partial charge on any atom is -0.467 e. The van der Waals surface area contributed by atoms with Crippen LogP contribution in [0.15, 0.2) is 69.9 Å². The molecule has 0 fully saturated rings. The lowest BCUT2D eigenvalue weighted by atomic mass is 10.2. The van der Waals surface area contributed by atoms with Gasteiger partial charge in [0.25, 0.3) is 5.91 Å². The molecule has 6 heteroatoms. The highest BCUT2D eigenvalue weighted by Gasteiger charge is 2.08. The van der Waals surface area contributed by atoms with Gasteiger partial charge in [0.2, 0.25) is 0 Å². The molecule has 0 aliphatic heterocycles. The summed E-state index contributed by atoms with van der Waals surface area (Å²) in [7, 11) is 0. The van der Waals surface area contributed by atoms with E-state index in [1.54, 1.807) is 24.6 Å². The molecule has 5 nitrogen and oxygen atoms in total. The van der Waals surface area contributed by atoms with E-state index in [-0.39, 0.29) is 5.91 Å². The second kappa shape index (κ2) is 7.11. The van der Waals surface area contributed by atoms with E-state index in [1.807, 2.05) is 36.4 Å². The van der Waals surface area contributed by atoms with Crippen LogP contribution in [0.25, 0.3) is 0 Å². The molecule has 2 N–H and O–H groups in total. The van der Waals surface area contributed by atoms with Gasteiger partial charge in [-0.15, -0.1) is 0 Å². The molecule has 1 amide bonds. The zero-order valence-electron chi connectivity index (χ0n) is 12.1. The normalized spacial score (nSPS) is 10.3. The van der Waals surface area contributed by atoms with Gasteiger partial charge >= 0.3 is 0 Å². The maximum atomic E-state index is 12.3. The fraction of sp³-hybridized carbons (Fsp3) is 0.0588. The number of halogens is 1. The van der Waals surface area contributed by atoms with Crippen LogP contribution in [0.4, 0.5) is 11.5 Å². The van der Waals surface area contributed by atoms with Gasteiger partial charge in [-0.25, -0.2) is 4.98 Å². The zero-order valence-corrected chi connectivity index (χ0v) is 13.7. The first kappa shape index (κ1) is 15.3. The molecule has 2 heterocycles. The Kier molecular flexibility index (Phi) is 4.73. The number of furan rings is 1. The Morgan fingerprint density at radius 3 is 2.74 bits per heavy atom. The first-order chi connectivity index (χ1) is 11.2. The predicted octanol–water partition coefficient (Wildman–Crippen LogP) is 4.30. The Morgan fingerprint density at radius 2 is 2.00 bits per heavy atom. The average Bonchev–Trinajstić information content (AvgIpc) is 3.09. The SMILES string of the molecule is O=C(Nc1ccc(Br)cc1)c1ccnc(NCc2ccco2)c1.